The lowest BCUT2D eigenvalue weighted by Gasteiger charge is -2.42. The summed E-state index contributed by atoms with van der Waals surface area (Å²) >= 11 is 1.51. The highest BCUT2D eigenvalue weighted by molar-refractivity contribution is 7.18. The van der Waals surface area contributed by atoms with Crippen LogP contribution in [0.5, 0.6) is 5.75 Å². The lowest BCUT2D eigenvalue weighted by molar-refractivity contribution is 0.0900. The molecule has 3 aliphatic rings. The maximum Gasteiger partial charge on any atom is 0.263 e. The molecule has 4 heterocycles. The van der Waals surface area contributed by atoms with Gasteiger partial charge in [-0.1, -0.05) is 6.42 Å². The van der Waals surface area contributed by atoms with Crippen molar-refractivity contribution in [1.29, 1.82) is 0 Å². The number of aromatic amines is 1. The number of amides is 1. The van der Waals surface area contributed by atoms with Crippen LogP contribution in [0.25, 0.3) is 10.4 Å². The minimum Gasteiger partial charge on any atom is -0.488 e. The third kappa shape index (κ3) is 1.94. The standard InChI is InChI=1S/C17H20N4O2S/c1-9-12(10-3-2-4-10)20-17(22)16-13-14(23-6-5-21(9)13)15(24-16)11-7-18-19-8-11/h7-10,12H,2-6H2,1H3,(H,18,19)(H,20,22)/t9-,12-/m0/s1. The second kappa shape index (κ2) is 5.24. The van der Waals surface area contributed by atoms with Crippen molar-refractivity contribution in [3.05, 3.63) is 17.3 Å². The van der Waals surface area contributed by atoms with Gasteiger partial charge < -0.3 is 15.0 Å². The summed E-state index contributed by atoms with van der Waals surface area (Å²) in [6, 6.07) is 0.518. The van der Waals surface area contributed by atoms with Crippen LogP contribution in [0.15, 0.2) is 12.4 Å². The molecule has 0 bridgehead atoms. The molecule has 0 radical (unpaired) electrons. The van der Waals surface area contributed by atoms with E-state index in [0.29, 0.717) is 12.5 Å². The predicted octanol–water partition coefficient (Wildman–Crippen LogP) is 2.64. The summed E-state index contributed by atoms with van der Waals surface area (Å²) in [5.41, 5.74) is 1.95. The van der Waals surface area contributed by atoms with Crippen LogP contribution in [0.4, 0.5) is 5.69 Å². The van der Waals surface area contributed by atoms with Crippen molar-refractivity contribution in [3.8, 4) is 16.2 Å². The van der Waals surface area contributed by atoms with E-state index in [-0.39, 0.29) is 18.0 Å². The van der Waals surface area contributed by atoms with Crippen molar-refractivity contribution in [1.82, 2.24) is 15.5 Å². The van der Waals surface area contributed by atoms with Crippen molar-refractivity contribution >= 4 is 22.9 Å². The lowest BCUT2D eigenvalue weighted by atomic mass is 9.77. The SMILES string of the molecule is C[C@H]1[C@@H](C2CCC2)NC(=O)c2sc(-c3cn[nH]c3)c3c2N1CCO3. The van der Waals surface area contributed by atoms with Crippen LogP contribution in [0.3, 0.4) is 0 Å². The van der Waals surface area contributed by atoms with Gasteiger partial charge >= 0.3 is 0 Å². The van der Waals surface area contributed by atoms with Gasteiger partial charge in [0.1, 0.15) is 17.2 Å². The molecule has 2 N–H and O–H groups in total. The zero-order valence-corrected chi connectivity index (χ0v) is 14.4. The minimum atomic E-state index is 0.0442. The fourth-order valence-corrected chi connectivity index (χ4v) is 5.27. The van der Waals surface area contributed by atoms with Crippen LogP contribution in [0.2, 0.25) is 0 Å². The summed E-state index contributed by atoms with van der Waals surface area (Å²) in [7, 11) is 0. The number of nitrogens with one attached hydrogen (secondary N) is 2. The van der Waals surface area contributed by atoms with Crippen LogP contribution in [0.1, 0.15) is 35.9 Å². The number of ether oxygens (including phenoxy) is 1. The van der Waals surface area contributed by atoms with Gasteiger partial charge in [-0.05, 0) is 25.7 Å². The van der Waals surface area contributed by atoms with E-state index in [1.165, 1.54) is 30.6 Å². The average Bonchev–Trinajstić information content (AvgIpc) is 3.16. The number of carbonyl (C=O) groups is 1. The lowest BCUT2D eigenvalue weighted by Crippen LogP contribution is -2.54. The molecule has 1 amide bonds. The maximum absolute atomic E-state index is 12.9. The molecule has 24 heavy (non-hydrogen) atoms. The molecule has 126 valence electrons. The second-order valence-corrected chi connectivity index (χ2v) is 7.92. The number of hydrogen-bond donors (Lipinski definition) is 2. The first-order valence-corrected chi connectivity index (χ1v) is 9.42. The van der Waals surface area contributed by atoms with E-state index < -0.39 is 0 Å². The fraction of sp³-hybridized carbons (Fsp3) is 0.529. The zero-order valence-electron chi connectivity index (χ0n) is 13.5. The Labute approximate surface area is 144 Å². The zero-order chi connectivity index (χ0) is 16.3. The molecule has 0 aromatic carbocycles. The molecule has 0 unspecified atom stereocenters. The molecule has 1 aliphatic carbocycles. The summed E-state index contributed by atoms with van der Waals surface area (Å²) in [5, 5.41) is 10.2. The summed E-state index contributed by atoms with van der Waals surface area (Å²) in [4.78, 5) is 17.1. The summed E-state index contributed by atoms with van der Waals surface area (Å²) in [6.07, 6.45) is 7.36. The van der Waals surface area contributed by atoms with Crippen LogP contribution in [-0.4, -0.2) is 41.3 Å². The highest BCUT2D eigenvalue weighted by Gasteiger charge is 2.43. The highest BCUT2D eigenvalue weighted by Crippen LogP contribution is 2.51. The Balaban J connectivity index is 1.63. The number of thiophene rings is 1. The van der Waals surface area contributed by atoms with Crippen molar-refractivity contribution in [2.45, 2.75) is 38.3 Å². The minimum absolute atomic E-state index is 0.0442. The first-order valence-electron chi connectivity index (χ1n) is 8.60. The van der Waals surface area contributed by atoms with Gasteiger partial charge in [-0.2, -0.15) is 5.10 Å². The van der Waals surface area contributed by atoms with Gasteiger partial charge in [0.25, 0.3) is 5.91 Å². The molecule has 1 saturated carbocycles. The molecule has 6 nitrogen and oxygen atoms in total. The Kier molecular flexibility index (Phi) is 3.13. The summed E-state index contributed by atoms with van der Waals surface area (Å²) in [6.45, 7) is 3.73. The molecular weight excluding hydrogens is 324 g/mol. The van der Waals surface area contributed by atoms with Crippen LogP contribution in [0, 0.1) is 5.92 Å². The Hall–Kier alpha value is -2.02. The van der Waals surface area contributed by atoms with Gasteiger partial charge in [0.15, 0.2) is 5.75 Å². The predicted molar refractivity (Wildman–Crippen MR) is 92.8 cm³/mol. The Bertz CT molecular complexity index is 781. The smallest absolute Gasteiger partial charge is 0.263 e. The van der Waals surface area contributed by atoms with E-state index in [1.807, 2.05) is 6.20 Å². The number of aromatic nitrogens is 2. The number of rotatable bonds is 2. The largest absolute Gasteiger partial charge is 0.488 e. The van der Waals surface area contributed by atoms with E-state index >= 15 is 0 Å². The Morgan fingerprint density at radius 1 is 1.38 bits per heavy atom. The second-order valence-electron chi connectivity index (χ2n) is 6.90. The molecular formula is C17H20N4O2S. The van der Waals surface area contributed by atoms with Crippen LogP contribution in [-0.2, 0) is 0 Å². The highest BCUT2D eigenvalue weighted by atomic mass is 32.1. The molecule has 0 saturated heterocycles. The van der Waals surface area contributed by atoms with Gasteiger partial charge in [-0.3, -0.25) is 9.89 Å². The van der Waals surface area contributed by atoms with Crippen molar-refractivity contribution < 1.29 is 9.53 Å². The van der Waals surface area contributed by atoms with Gasteiger partial charge in [-0.15, -0.1) is 11.3 Å². The third-order valence-electron chi connectivity index (χ3n) is 5.64. The first-order chi connectivity index (χ1) is 11.7. The molecule has 2 aliphatic heterocycles. The van der Waals surface area contributed by atoms with E-state index in [9.17, 15) is 4.79 Å². The summed E-state index contributed by atoms with van der Waals surface area (Å²) in [5.74, 6) is 1.50. The molecule has 2 atom stereocenters. The van der Waals surface area contributed by atoms with Crippen LogP contribution >= 0.6 is 11.3 Å². The van der Waals surface area contributed by atoms with Crippen LogP contribution < -0.4 is 15.0 Å². The number of carbonyl (C=O) groups excluding carboxylic acids is 1. The molecule has 2 aromatic rings. The van der Waals surface area contributed by atoms with Crippen molar-refractivity contribution in [2.75, 3.05) is 18.1 Å². The number of H-pyrrole nitrogens is 1. The molecule has 7 heteroatoms. The monoisotopic (exact) mass is 344 g/mol. The third-order valence-corrected chi connectivity index (χ3v) is 6.85. The molecule has 2 aromatic heterocycles. The molecule has 0 spiro atoms. The molecule has 5 rings (SSSR count). The topological polar surface area (TPSA) is 70.2 Å². The van der Waals surface area contributed by atoms with E-state index in [2.05, 4.69) is 27.3 Å². The average molecular weight is 344 g/mol. The fourth-order valence-electron chi connectivity index (χ4n) is 4.13. The van der Waals surface area contributed by atoms with Crippen molar-refractivity contribution in [2.24, 2.45) is 5.92 Å². The van der Waals surface area contributed by atoms with Gasteiger partial charge in [0.2, 0.25) is 0 Å². The normalized spacial score (nSPS) is 26.2. The number of anilines is 1. The van der Waals surface area contributed by atoms with E-state index in [0.717, 1.165) is 33.3 Å². The van der Waals surface area contributed by atoms with Gasteiger partial charge in [-0.25, -0.2) is 0 Å². The quantitative estimate of drug-likeness (QED) is 0.879. The summed E-state index contributed by atoms with van der Waals surface area (Å²) < 4.78 is 6.00. The number of hydrogen-bond acceptors (Lipinski definition) is 5. The molecule has 1 fully saturated rings. The number of nitrogens with zero attached hydrogens (tertiary/aromatic N) is 2. The van der Waals surface area contributed by atoms with E-state index in [4.69, 9.17) is 4.74 Å². The first kappa shape index (κ1) is 14.3. The Morgan fingerprint density at radius 3 is 2.96 bits per heavy atom. The Morgan fingerprint density at radius 2 is 2.25 bits per heavy atom. The maximum atomic E-state index is 12.9. The van der Waals surface area contributed by atoms with Gasteiger partial charge in [0, 0.05) is 17.8 Å². The van der Waals surface area contributed by atoms with E-state index in [1.54, 1.807) is 6.20 Å². The van der Waals surface area contributed by atoms with Crippen molar-refractivity contribution in [3.63, 3.8) is 0 Å². The van der Waals surface area contributed by atoms with Gasteiger partial charge in [0.05, 0.1) is 23.7 Å².